The van der Waals surface area contributed by atoms with E-state index in [1.807, 2.05) is 0 Å². The molecule has 3 atom stereocenters. The lowest BCUT2D eigenvalue weighted by atomic mass is 9.58. The van der Waals surface area contributed by atoms with Gasteiger partial charge in [0.25, 0.3) is 0 Å². The number of aliphatic hydroxyl groups excluding tert-OH is 1. The van der Waals surface area contributed by atoms with Crippen LogP contribution in [-0.4, -0.2) is 28.5 Å². The third-order valence-electron chi connectivity index (χ3n) is 4.51. The van der Waals surface area contributed by atoms with Crippen molar-refractivity contribution >= 4 is 0 Å². The molecule has 1 aliphatic carbocycles. The van der Waals surface area contributed by atoms with E-state index < -0.39 is 0 Å². The van der Waals surface area contributed by atoms with E-state index >= 15 is 0 Å². The van der Waals surface area contributed by atoms with Crippen molar-refractivity contribution in [2.24, 2.45) is 11.7 Å². The number of rotatable bonds is 3. The molecule has 0 aromatic carbocycles. The van der Waals surface area contributed by atoms with E-state index in [1.165, 1.54) is 0 Å². The van der Waals surface area contributed by atoms with E-state index in [1.54, 1.807) is 0 Å². The fraction of sp³-hybridized carbons (Fsp3) is 1.00. The van der Waals surface area contributed by atoms with Gasteiger partial charge in [-0.05, 0) is 52.9 Å². The Morgan fingerprint density at radius 2 is 2.06 bits per heavy atom. The minimum Gasteiger partial charge on any atom is -0.396 e. The smallest absolute Gasteiger partial charge is 0.0679 e. The molecule has 2 aliphatic heterocycles. The van der Waals surface area contributed by atoms with Crippen molar-refractivity contribution in [2.45, 2.75) is 69.6 Å². The van der Waals surface area contributed by atoms with Gasteiger partial charge in [0.15, 0.2) is 0 Å². The Hall–Kier alpha value is -0.120. The highest BCUT2D eigenvalue weighted by atomic mass is 16.5. The van der Waals surface area contributed by atoms with Gasteiger partial charge in [0.05, 0.1) is 11.2 Å². The van der Waals surface area contributed by atoms with Gasteiger partial charge in [-0.25, -0.2) is 0 Å². The highest BCUT2D eigenvalue weighted by Crippen LogP contribution is 2.54. The first-order chi connectivity index (χ1) is 7.31. The van der Waals surface area contributed by atoms with Crippen molar-refractivity contribution in [1.82, 2.24) is 0 Å². The lowest BCUT2D eigenvalue weighted by Gasteiger charge is -2.62. The lowest BCUT2D eigenvalue weighted by molar-refractivity contribution is -0.257. The first kappa shape index (κ1) is 12.3. The molecule has 3 heteroatoms. The highest BCUT2D eigenvalue weighted by Gasteiger charge is 2.58. The molecular formula is C13H25NO2. The molecule has 0 radical (unpaired) electrons. The number of nitrogens with two attached hydrogens (primary N) is 1. The number of ether oxygens (including phenoxy) is 1. The average molecular weight is 227 g/mol. The maximum atomic E-state index is 8.99. The second-order valence-electron chi connectivity index (χ2n) is 6.48. The molecule has 0 unspecified atom stereocenters. The van der Waals surface area contributed by atoms with Crippen LogP contribution in [0.25, 0.3) is 0 Å². The van der Waals surface area contributed by atoms with Crippen molar-refractivity contribution in [3.63, 3.8) is 0 Å². The quantitative estimate of drug-likeness (QED) is 0.773. The van der Waals surface area contributed by atoms with Gasteiger partial charge < -0.3 is 15.6 Å². The molecule has 94 valence electrons. The molecule has 0 amide bonds. The van der Waals surface area contributed by atoms with Crippen molar-refractivity contribution in [3.05, 3.63) is 0 Å². The molecule has 3 aliphatic rings. The third-order valence-corrected chi connectivity index (χ3v) is 4.51. The normalized spacial score (nSPS) is 45.9. The van der Waals surface area contributed by atoms with Gasteiger partial charge in [-0.15, -0.1) is 0 Å². The summed E-state index contributed by atoms with van der Waals surface area (Å²) in [5, 5.41) is 8.99. The number of fused-ring (bicyclic) bond motifs is 3. The Bertz CT molecular complexity index is 276. The van der Waals surface area contributed by atoms with E-state index in [0.29, 0.717) is 5.92 Å². The van der Waals surface area contributed by atoms with Crippen LogP contribution in [-0.2, 0) is 4.74 Å². The Labute approximate surface area is 98.4 Å². The van der Waals surface area contributed by atoms with Gasteiger partial charge in [-0.1, -0.05) is 0 Å². The van der Waals surface area contributed by atoms with Crippen LogP contribution < -0.4 is 5.73 Å². The summed E-state index contributed by atoms with van der Waals surface area (Å²) in [5.41, 5.74) is 6.29. The SMILES string of the molecule is CC1(C)O[C@@]2(C)CC[C@@H]1[C@](N)(CCCO)C2. The Balaban J connectivity index is 2.22. The zero-order valence-corrected chi connectivity index (χ0v) is 10.8. The van der Waals surface area contributed by atoms with E-state index in [9.17, 15) is 0 Å². The summed E-state index contributed by atoms with van der Waals surface area (Å²) >= 11 is 0. The van der Waals surface area contributed by atoms with Gasteiger partial charge in [0.1, 0.15) is 0 Å². The van der Waals surface area contributed by atoms with Crippen molar-refractivity contribution in [2.75, 3.05) is 6.61 Å². The Morgan fingerprint density at radius 3 is 2.56 bits per heavy atom. The molecule has 1 saturated carbocycles. The monoisotopic (exact) mass is 227 g/mol. The Kier molecular flexibility index (Phi) is 2.84. The molecule has 3 N–H and O–H groups in total. The van der Waals surface area contributed by atoms with Crippen LogP contribution in [0.5, 0.6) is 0 Å². The number of aliphatic hydroxyl groups is 1. The topological polar surface area (TPSA) is 55.5 Å². The maximum Gasteiger partial charge on any atom is 0.0679 e. The van der Waals surface area contributed by atoms with Crippen LogP contribution in [0, 0.1) is 5.92 Å². The minimum absolute atomic E-state index is 0.0531. The van der Waals surface area contributed by atoms with Crippen molar-refractivity contribution < 1.29 is 9.84 Å². The van der Waals surface area contributed by atoms with Gasteiger partial charge in [0.2, 0.25) is 0 Å². The van der Waals surface area contributed by atoms with Gasteiger partial charge >= 0.3 is 0 Å². The first-order valence-electron chi connectivity index (χ1n) is 6.41. The second kappa shape index (κ2) is 3.69. The molecule has 2 saturated heterocycles. The van der Waals surface area contributed by atoms with Crippen LogP contribution in [0.4, 0.5) is 0 Å². The molecular weight excluding hydrogens is 202 g/mol. The maximum absolute atomic E-state index is 8.99. The molecule has 16 heavy (non-hydrogen) atoms. The molecule has 0 spiro atoms. The summed E-state index contributed by atoms with van der Waals surface area (Å²) in [6.45, 7) is 6.75. The molecule has 2 bridgehead atoms. The number of hydrogen-bond acceptors (Lipinski definition) is 3. The third kappa shape index (κ3) is 1.89. The van der Waals surface area contributed by atoms with Crippen LogP contribution in [0.3, 0.4) is 0 Å². The van der Waals surface area contributed by atoms with Crippen LogP contribution in [0.15, 0.2) is 0 Å². The predicted molar refractivity (Wildman–Crippen MR) is 64.1 cm³/mol. The fourth-order valence-corrected chi connectivity index (χ4v) is 4.15. The summed E-state index contributed by atoms with van der Waals surface area (Å²) < 4.78 is 6.19. The van der Waals surface area contributed by atoms with Gasteiger partial charge in [0, 0.05) is 18.1 Å². The number of hydrogen-bond donors (Lipinski definition) is 2. The second-order valence-corrected chi connectivity index (χ2v) is 6.48. The predicted octanol–water partition coefficient (Wildman–Crippen LogP) is 1.82. The highest BCUT2D eigenvalue weighted by molar-refractivity contribution is 5.12. The van der Waals surface area contributed by atoms with Crippen LogP contribution >= 0.6 is 0 Å². The van der Waals surface area contributed by atoms with Gasteiger partial charge in [-0.3, -0.25) is 0 Å². The summed E-state index contributed by atoms with van der Waals surface area (Å²) in [4.78, 5) is 0. The Morgan fingerprint density at radius 1 is 1.38 bits per heavy atom. The van der Waals surface area contributed by atoms with Crippen LogP contribution in [0.1, 0.15) is 52.9 Å². The first-order valence-corrected chi connectivity index (χ1v) is 6.41. The molecule has 0 aromatic heterocycles. The van der Waals surface area contributed by atoms with E-state index in [0.717, 1.165) is 32.1 Å². The van der Waals surface area contributed by atoms with Crippen molar-refractivity contribution in [3.8, 4) is 0 Å². The summed E-state index contributed by atoms with van der Waals surface area (Å²) in [6.07, 6.45) is 4.94. The summed E-state index contributed by atoms with van der Waals surface area (Å²) in [6, 6.07) is 0. The molecule has 0 aromatic rings. The van der Waals surface area contributed by atoms with Gasteiger partial charge in [-0.2, -0.15) is 0 Å². The zero-order valence-electron chi connectivity index (χ0n) is 10.8. The van der Waals surface area contributed by atoms with E-state index in [2.05, 4.69) is 20.8 Å². The molecule has 3 fully saturated rings. The standard InChI is InChI=1S/C13H25NO2/c1-11(2)10-5-7-12(3,16-11)9-13(10,14)6-4-8-15/h10,15H,4-9,14H2,1-3H3/t10-,12-,13-/m0/s1. The fourth-order valence-electron chi connectivity index (χ4n) is 4.15. The van der Waals surface area contributed by atoms with Crippen LogP contribution in [0.2, 0.25) is 0 Å². The minimum atomic E-state index is -0.141. The summed E-state index contributed by atoms with van der Waals surface area (Å²) in [7, 11) is 0. The summed E-state index contributed by atoms with van der Waals surface area (Å²) in [5.74, 6) is 0.424. The lowest BCUT2D eigenvalue weighted by Crippen LogP contribution is -2.69. The largest absolute Gasteiger partial charge is 0.396 e. The van der Waals surface area contributed by atoms with Crippen molar-refractivity contribution in [1.29, 1.82) is 0 Å². The molecule has 3 nitrogen and oxygen atoms in total. The van der Waals surface area contributed by atoms with E-state index in [-0.39, 0.29) is 23.3 Å². The molecule has 3 rings (SSSR count). The average Bonchev–Trinajstić information content (AvgIpc) is 2.11. The zero-order chi connectivity index (χ0) is 12.0. The molecule has 2 heterocycles. The van der Waals surface area contributed by atoms with E-state index in [4.69, 9.17) is 15.6 Å².